The van der Waals surface area contributed by atoms with Crippen LogP contribution in [-0.4, -0.2) is 22.9 Å². The lowest BCUT2D eigenvalue weighted by Gasteiger charge is -2.11. The number of thiophene rings is 1. The maximum Gasteiger partial charge on any atom is 0.349 e. The van der Waals surface area contributed by atoms with Crippen LogP contribution in [0.3, 0.4) is 0 Å². The third kappa shape index (κ3) is 5.57. The number of carbonyl (C=O) groups is 2. The Kier molecular flexibility index (Phi) is 7.61. The van der Waals surface area contributed by atoms with E-state index in [1.165, 1.54) is 6.08 Å². The molecular formula is C21H23ClN2O3S. The summed E-state index contributed by atoms with van der Waals surface area (Å²) in [5.74, 6) is -0.583. The molecule has 0 fully saturated rings. The van der Waals surface area contributed by atoms with Gasteiger partial charge in [0.25, 0.3) is 0 Å². The Hall–Kier alpha value is -2.36. The molecule has 0 aliphatic heterocycles. The number of carbonyl (C=O) groups excluding carboxylic acids is 2. The Morgan fingerprint density at radius 3 is 2.64 bits per heavy atom. The van der Waals surface area contributed by atoms with E-state index >= 15 is 0 Å². The number of Topliss-reactive ketones (excluding diaryl/α,β-unsaturated/α-hetero) is 1. The first kappa shape index (κ1) is 21.9. The lowest BCUT2D eigenvalue weighted by atomic mass is 10.1. The number of ether oxygens (including phenoxy) is 1. The van der Waals surface area contributed by atoms with Crippen molar-refractivity contribution in [1.82, 2.24) is 4.57 Å². The van der Waals surface area contributed by atoms with Gasteiger partial charge in [0.15, 0.2) is 6.61 Å². The summed E-state index contributed by atoms with van der Waals surface area (Å²) in [6, 6.07) is 7.00. The Morgan fingerprint density at radius 1 is 1.36 bits per heavy atom. The second kappa shape index (κ2) is 9.72. The number of nitriles is 1. The van der Waals surface area contributed by atoms with Gasteiger partial charge in [-0.15, -0.1) is 11.3 Å². The van der Waals surface area contributed by atoms with Crippen molar-refractivity contribution >= 4 is 40.8 Å². The maximum absolute atomic E-state index is 12.2. The topological polar surface area (TPSA) is 72.1 Å². The molecule has 2 heterocycles. The summed E-state index contributed by atoms with van der Waals surface area (Å²) in [5, 5.41) is 9.36. The van der Waals surface area contributed by atoms with Gasteiger partial charge in [-0.05, 0) is 56.0 Å². The van der Waals surface area contributed by atoms with Crippen molar-refractivity contribution in [2.24, 2.45) is 5.92 Å². The van der Waals surface area contributed by atoms with E-state index in [-0.39, 0.29) is 11.4 Å². The number of esters is 1. The van der Waals surface area contributed by atoms with E-state index in [1.54, 1.807) is 12.1 Å². The van der Waals surface area contributed by atoms with E-state index in [0.717, 1.165) is 41.3 Å². The highest BCUT2D eigenvalue weighted by Crippen LogP contribution is 2.22. The molecule has 0 aliphatic carbocycles. The molecule has 5 nitrogen and oxygen atoms in total. The summed E-state index contributed by atoms with van der Waals surface area (Å²) in [7, 11) is 0. The van der Waals surface area contributed by atoms with E-state index < -0.39 is 12.6 Å². The van der Waals surface area contributed by atoms with E-state index in [2.05, 4.69) is 18.4 Å². The van der Waals surface area contributed by atoms with Gasteiger partial charge in [0.05, 0.1) is 9.21 Å². The molecule has 28 heavy (non-hydrogen) atoms. The van der Waals surface area contributed by atoms with Crippen molar-refractivity contribution in [2.45, 2.75) is 40.7 Å². The second-order valence-electron chi connectivity index (χ2n) is 6.93. The van der Waals surface area contributed by atoms with Crippen molar-refractivity contribution in [3.8, 4) is 6.07 Å². The van der Waals surface area contributed by atoms with Gasteiger partial charge in [-0.25, -0.2) is 4.79 Å². The highest BCUT2D eigenvalue weighted by atomic mass is 35.5. The van der Waals surface area contributed by atoms with Gasteiger partial charge >= 0.3 is 5.97 Å². The number of hydrogen-bond acceptors (Lipinski definition) is 5. The smallest absolute Gasteiger partial charge is 0.349 e. The first-order valence-electron chi connectivity index (χ1n) is 8.97. The molecule has 0 unspecified atom stereocenters. The lowest BCUT2D eigenvalue weighted by molar-refractivity contribution is -0.137. The predicted octanol–water partition coefficient (Wildman–Crippen LogP) is 5.20. The number of rotatable bonds is 8. The second-order valence-corrected chi connectivity index (χ2v) is 8.65. The highest BCUT2D eigenvalue weighted by Gasteiger charge is 2.17. The van der Waals surface area contributed by atoms with Crippen molar-refractivity contribution in [3.63, 3.8) is 0 Å². The lowest BCUT2D eigenvalue weighted by Crippen LogP contribution is -2.14. The van der Waals surface area contributed by atoms with Crippen molar-refractivity contribution in [1.29, 1.82) is 5.26 Å². The van der Waals surface area contributed by atoms with Gasteiger partial charge in [0, 0.05) is 17.9 Å². The molecule has 2 aromatic rings. The molecule has 7 heteroatoms. The Bertz CT molecular complexity index is 947. The van der Waals surface area contributed by atoms with Gasteiger partial charge in [-0.3, -0.25) is 4.79 Å². The van der Waals surface area contributed by atoms with Gasteiger partial charge in [-0.1, -0.05) is 25.4 Å². The van der Waals surface area contributed by atoms with Crippen LogP contribution in [-0.2, 0) is 16.1 Å². The Labute approximate surface area is 174 Å². The molecule has 0 saturated carbocycles. The molecule has 0 atom stereocenters. The third-order valence-corrected chi connectivity index (χ3v) is 5.64. The summed E-state index contributed by atoms with van der Waals surface area (Å²) < 4.78 is 7.69. The molecule has 0 saturated heterocycles. The third-order valence-electron chi connectivity index (χ3n) is 4.37. The maximum atomic E-state index is 12.2. The number of ketones is 1. The van der Waals surface area contributed by atoms with Gasteiger partial charge in [-0.2, -0.15) is 5.26 Å². The molecule has 0 aromatic carbocycles. The van der Waals surface area contributed by atoms with Crippen LogP contribution < -0.4 is 0 Å². The molecule has 0 aliphatic rings. The average Bonchev–Trinajstić information content (AvgIpc) is 3.19. The number of aromatic nitrogens is 1. The van der Waals surface area contributed by atoms with Crippen LogP contribution in [0.15, 0.2) is 23.8 Å². The van der Waals surface area contributed by atoms with Gasteiger partial charge in [0.2, 0.25) is 5.78 Å². The first-order valence-corrected chi connectivity index (χ1v) is 10.2. The predicted molar refractivity (Wildman–Crippen MR) is 112 cm³/mol. The zero-order valence-electron chi connectivity index (χ0n) is 16.4. The molecular weight excluding hydrogens is 396 g/mol. The normalized spacial score (nSPS) is 11.5. The van der Waals surface area contributed by atoms with Crippen LogP contribution in [0.25, 0.3) is 6.08 Å². The number of hydrogen-bond donors (Lipinski definition) is 0. The molecule has 0 radical (unpaired) electrons. The van der Waals surface area contributed by atoms with Crippen molar-refractivity contribution < 1.29 is 14.3 Å². The number of nitrogens with zero attached hydrogens (tertiary/aromatic N) is 2. The Balaban J connectivity index is 2.10. The summed E-state index contributed by atoms with van der Waals surface area (Å²) in [6.07, 6.45) is 2.56. The quantitative estimate of drug-likeness (QED) is 0.255. The van der Waals surface area contributed by atoms with Crippen LogP contribution in [0.1, 0.15) is 46.9 Å². The summed E-state index contributed by atoms with van der Waals surface area (Å²) in [5.41, 5.74) is 2.72. The van der Waals surface area contributed by atoms with E-state index in [9.17, 15) is 14.9 Å². The molecule has 2 rings (SSSR count). The Morgan fingerprint density at radius 2 is 2.07 bits per heavy atom. The van der Waals surface area contributed by atoms with Crippen LogP contribution in [0.4, 0.5) is 0 Å². The average molecular weight is 419 g/mol. The van der Waals surface area contributed by atoms with Crippen LogP contribution in [0, 0.1) is 31.1 Å². The van der Waals surface area contributed by atoms with E-state index in [1.807, 2.05) is 26.0 Å². The number of halogens is 1. The van der Waals surface area contributed by atoms with Crippen molar-refractivity contribution in [2.75, 3.05) is 6.61 Å². The summed E-state index contributed by atoms with van der Waals surface area (Å²) >= 11 is 6.92. The monoisotopic (exact) mass is 418 g/mol. The first-order chi connectivity index (χ1) is 13.2. The van der Waals surface area contributed by atoms with E-state index in [0.29, 0.717) is 15.1 Å². The summed E-state index contributed by atoms with van der Waals surface area (Å²) in [4.78, 5) is 24.7. The van der Waals surface area contributed by atoms with Crippen LogP contribution in [0.5, 0.6) is 0 Å². The molecule has 0 bridgehead atoms. The minimum Gasteiger partial charge on any atom is -0.453 e. The van der Waals surface area contributed by atoms with Crippen LogP contribution in [0.2, 0.25) is 4.34 Å². The number of aryl methyl sites for hydroxylation is 1. The SMILES string of the molecule is Cc1cc(C=C(C#N)C(=O)OCC(=O)c2ccc(Cl)s2)c(C)n1CCC(C)C. The van der Waals surface area contributed by atoms with Crippen molar-refractivity contribution in [3.05, 3.63) is 49.9 Å². The van der Waals surface area contributed by atoms with E-state index in [4.69, 9.17) is 16.3 Å². The summed E-state index contributed by atoms with van der Waals surface area (Å²) in [6.45, 7) is 8.76. The van der Waals surface area contributed by atoms with Gasteiger partial charge < -0.3 is 9.30 Å². The molecule has 0 amide bonds. The molecule has 0 N–H and O–H groups in total. The van der Waals surface area contributed by atoms with Gasteiger partial charge in [0.1, 0.15) is 11.6 Å². The minimum atomic E-state index is -0.814. The molecule has 148 valence electrons. The van der Waals surface area contributed by atoms with Crippen LogP contribution >= 0.6 is 22.9 Å². The fourth-order valence-corrected chi connectivity index (χ4v) is 3.71. The molecule has 0 spiro atoms. The standard InChI is InChI=1S/C21H23ClN2O3S/c1-13(2)7-8-24-14(3)9-16(15(24)4)10-17(11-23)21(26)27-12-18(25)19-5-6-20(22)28-19/h5-6,9-10,13H,7-8,12H2,1-4H3. The zero-order valence-corrected chi connectivity index (χ0v) is 18.0. The fraction of sp³-hybridized carbons (Fsp3) is 0.381. The molecule has 2 aromatic heterocycles. The highest BCUT2D eigenvalue weighted by molar-refractivity contribution is 7.18. The largest absolute Gasteiger partial charge is 0.453 e. The fourth-order valence-electron chi connectivity index (χ4n) is 2.74. The minimum absolute atomic E-state index is 0.138. The zero-order chi connectivity index (χ0) is 20.8.